The Labute approximate surface area is 339 Å². The molecule has 5 heterocycles. The van der Waals surface area contributed by atoms with Crippen LogP contribution in [0.25, 0.3) is 78.7 Å². The van der Waals surface area contributed by atoms with E-state index < -0.39 is 0 Å². The molecule has 2 aliphatic rings. The number of nitrogens with one attached hydrogen (secondary N) is 2. The van der Waals surface area contributed by atoms with Crippen molar-refractivity contribution in [3.8, 4) is 67.5 Å². The lowest BCUT2D eigenvalue weighted by atomic mass is 9.98. The molecule has 0 amide bonds. The number of hydrogen-bond donors (Lipinski definition) is 2. The van der Waals surface area contributed by atoms with Gasteiger partial charge in [0, 0.05) is 50.5 Å². The molecule has 290 valence electrons. The van der Waals surface area contributed by atoms with Gasteiger partial charge >= 0.3 is 5.69 Å². The number of H-pyrrole nitrogens is 2. The Bertz CT molecular complexity index is 2790. The molecule has 9 rings (SSSR count). The van der Waals surface area contributed by atoms with Gasteiger partial charge in [-0.2, -0.15) is 0 Å². The number of nitro groups is 1. The van der Waals surface area contributed by atoms with Crippen molar-refractivity contribution in [2.45, 2.75) is 0 Å². The maximum atomic E-state index is 13.5. The van der Waals surface area contributed by atoms with Crippen LogP contribution in [0.4, 0.5) is 11.4 Å². The minimum atomic E-state index is -0.347. The maximum absolute atomic E-state index is 13.5. The normalized spacial score (nSPS) is 11.7. The lowest BCUT2D eigenvalue weighted by Crippen LogP contribution is -1.94. The standard InChI is InChI=1S/C48H37N5O6/c1-56-32-13-5-28(6-14-32)43-36-27-49-47(48(36)53(54)55)46(31-11-19-35(59-4)20-12-31)42-26-25-41(52-42)45(30-9-17-34(58-3)18-10-30)40-24-23-39(51-40)44(38-22-21-37(43)50-38)29-7-15-33(57-2)16-8-29/h5-27,50,52H,1-4H3. The quantitative estimate of drug-likeness (QED) is 0.110. The molecule has 8 bridgehead atoms. The van der Waals surface area contributed by atoms with Crippen LogP contribution in [0.5, 0.6) is 23.0 Å². The maximum Gasteiger partial charge on any atom is 0.304 e. The molecular formula is C48H37N5O6. The zero-order valence-corrected chi connectivity index (χ0v) is 32.6. The topological polar surface area (TPSA) is 137 Å². The van der Waals surface area contributed by atoms with Crippen LogP contribution in [-0.2, 0) is 0 Å². The minimum Gasteiger partial charge on any atom is -0.497 e. The van der Waals surface area contributed by atoms with Gasteiger partial charge in [0.05, 0.1) is 50.3 Å². The van der Waals surface area contributed by atoms with Gasteiger partial charge < -0.3 is 28.9 Å². The first-order valence-electron chi connectivity index (χ1n) is 18.8. The van der Waals surface area contributed by atoms with E-state index in [1.54, 1.807) is 34.7 Å². The van der Waals surface area contributed by atoms with Crippen LogP contribution in [-0.4, -0.2) is 54.5 Å². The van der Waals surface area contributed by atoms with Crippen molar-refractivity contribution in [2.24, 2.45) is 4.99 Å². The predicted molar refractivity (Wildman–Crippen MR) is 234 cm³/mol. The molecule has 0 unspecified atom stereocenters. The molecule has 0 saturated carbocycles. The van der Waals surface area contributed by atoms with Crippen molar-refractivity contribution in [3.05, 3.63) is 148 Å². The van der Waals surface area contributed by atoms with Gasteiger partial charge in [-0.1, -0.05) is 48.5 Å². The number of aromatic nitrogens is 3. The van der Waals surface area contributed by atoms with E-state index in [4.69, 9.17) is 28.9 Å². The Balaban J connectivity index is 1.49. The zero-order chi connectivity index (χ0) is 40.6. The molecule has 3 aromatic heterocycles. The van der Waals surface area contributed by atoms with E-state index in [0.29, 0.717) is 44.8 Å². The fourth-order valence-electron chi connectivity index (χ4n) is 7.73. The Morgan fingerprint density at radius 3 is 1.19 bits per heavy atom. The van der Waals surface area contributed by atoms with Crippen LogP contribution in [0.15, 0.2) is 126 Å². The number of hydrogen-bond acceptors (Lipinski definition) is 8. The number of aromatic amines is 2. The van der Waals surface area contributed by atoms with E-state index in [9.17, 15) is 10.1 Å². The van der Waals surface area contributed by atoms with E-state index in [1.807, 2.05) is 133 Å². The molecule has 2 aliphatic heterocycles. The highest BCUT2D eigenvalue weighted by molar-refractivity contribution is 6.10. The SMILES string of the molecule is COc1ccc(-c2c3nc(c(-c4ccc(OC)cc4)c4ccc([nH]4)c(-c4ccc(OC)cc4)c4c([N+](=O)[O-])c(c(-c5ccc(OC)cc5)c5ccc2[nH]5)C=N4)C=C3)cc1. The summed E-state index contributed by atoms with van der Waals surface area (Å²) < 4.78 is 22.0. The predicted octanol–water partition coefficient (Wildman–Crippen LogP) is 11.5. The summed E-state index contributed by atoms with van der Waals surface area (Å²) in [7, 11) is 6.47. The second kappa shape index (κ2) is 15.2. The fraction of sp³-hybridized carbons (Fsp3) is 0.0833. The van der Waals surface area contributed by atoms with E-state index in [2.05, 4.69) is 9.97 Å². The minimum absolute atomic E-state index is 0.139. The molecule has 2 N–H and O–H groups in total. The number of fused-ring (bicyclic) bond motifs is 8. The van der Waals surface area contributed by atoms with Gasteiger partial charge in [0.25, 0.3) is 0 Å². The number of nitrogens with zero attached hydrogens (tertiary/aromatic N) is 3. The molecule has 0 aliphatic carbocycles. The van der Waals surface area contributed by atoms with E-state index >= 15 is 0 Å². The fourth-order valence-corrected chi connectivity index (χ4v) is 7.73. The molecule has 11 heteroatoms. The Morgan fingerprint density at radius 2 is 0.814 bits per heavy atom. The summed E-state index contributed by atoms with van der Waals surface area (Å²) in [6.07, 6.45) is 5.62. The summed E-state index contributed by atoms with van der Waals surface area (Å²) in [5, 5.41) is 13.5. The van der Waals surface area contributed by atoms with Crippen LogP contribution in [0, 0.1) is 10.1 Å². The van der Waals surface area contributed by atoms with E-state index in [0.717, 1.165) is 61.7 Å². The van der Waals surface area contributed by atoms with Crippen LogP contribution in [0.1, 0.15) is 17.0 Å². The lowest BCUT2D eigenvalue weighted by molar-refractivity contribution is -0.383. The molecule has 0 atom stereocenters. The first-order valence-corrected chi connectivity index (χ1v) is 18.8. The molecule has 0 spiro atoms. The zero-order valence-electron chi connectivity index (χ0n) is 32.6. The van der Waals surface area contributed by atoms with Gasteiger partial charge in [0.15, 0.2) is 5.69 Å². The number of ether oxygens (including phenoxy) is 4. The molecule has 0 radical (unpaired) electrons. The molecule has 0 fully saturated rings. The summed E-state index contributed by atoms with van der Waals surface area (Å²) in [6, 6.07) is 38.3. The van der Waals surface area contributed by atoms with E-state index in [1.165, 1.54) is 0 Å². The van der Waals surface area contributed by atoms with Gasteiger partial charge in [-0.3, -0.25) is 10.1 Å². The first kappa shape index (κ1) is 36.7. The van der Waals surface area contributed by atoms with Gasteiger partial charge in [-0.15, -0.1) is 0 Å². The molecule has 59 heavy (non-hydrogen) atoms. The molecule has 7 aromatic rings. The Kier molecular flexibility index (Phi) is 9.46. The first-order chi connectivity index (χ1) is 28.9. The summed E-state index contributed by atoms with van der Waals surface area (Å²) >= 11 is 0. The van der Waals surface area contributed by atoms with Crippen molar-refractivity contribution in [1.29, 1.82) is 0 Å². The smallest absolute Gasteiger partial charge is 0.304 e. The second-order valence-corrected chi connectivity index (χ2v) is 13.8. The Morgan fingerprint density at radius 1 is 0.475 bits per heavy atom. The summed E-state index contributed by atoms with van der Waals surface area (Å²) in [4.78, 5) is 30.7. The average molecular weight is 780 g/mol. The number of benzene rings is 4. The highest BCUT2D eigenvalue weighted by Crippen LogP contribution is 2.47. The highest BCUT2D eigenvalue weighted by atomic mass is 16.6. The molecular weight excluding hydrogens is 743 g/mol. The van der Waals surface area contributed by atoms with Crippen LogP contribution in [0.3, 0.4) is 0 Å². The van der Waals surface area contributed by atoms with Gasteiger partial charge in [0.2, 0.25) is 0 Å². The number of methoxy groups -OCH3 is 4. The van der Waals surface area contributed by atoms with E-state index in [-0.39, 0.29) is 16.3 Å². The third-order valence-electron chi connectivity index (χ3n) is 10.6. The second-order valence-electron chi connectivity index (χ2n) is 13.8. The van der Waals surface area contributed by atoms with Crippen molar-refractivity contribution in [3.63, 3.8) is 0 Å². The Hall–Kier alpha value is -7.92. The lowest BCUT2D eigenvalue weighted by Gasteiger charge is -2.09. The average Bonchev–Trinajstić information content (AvgIpc) is 4.12. The third kappa shape index (κ3) is 6.64. The molecule has 0 saturated heterocycles. The van der Waals surface area contributed by atoms with Crippen molar-refractivity contribution < 1.29 is 23.9 Å². The number of rotatable bonds is 9. The van der Waals surface area contributed by atoms with Gasteiger partial charge in [-0.25, -0.2) is 9.98 Å². The van der Waals surface area contributed by atoms with Crippen molar-refractivity contribution in [1.82, 2.24) is 15.0 Å². The van der Waals surface area contributed by atoms with Gasteiger partial charge in [-0.05, 0) is 107 Å². The summed E-state index contributed by atoms with van der Waals surface area (Å²) in [5.41, 5.74) is 10.7. The van der Waals surface area contributed by atoms with Crippen LogP contribution >= 0.6 is 0 Å². The van der Waals surface area contributed by atoms with Crippen molar-refractivity contribution >= 4 is 51.8 Å². The summed E-state index contributed by atoms with van der Waals surface area (Å²) in [6.45, 7) is 0. The monoisotopic (exact) mass is 779 g/mol. The van der Waals surface area contributed by atoms with Crippen LogP contribution in [0.2, 0.25) is 0 Å². The largest absolute Gasteiger partial charge is 0.497 e. The van der Waals surface area contributed by atoms with Crippen LogP contribution < -0.4 is 18.9 Å². The number of aliphatic imine (C=N–C) groups is 1. The van der Waals surface area contributed by atoms with Gasteiger partial charge in [0.1, 0.15) is 23.0 Å². The summed E-state index contributed by atoms with van der Waals surface area (Å²) in [5.74, 6) is 2.74. The highest BCUT2D eigenvalue weighted by Gasteiger charge is 2.30. The third-order valence-corrected chi connectivity index (χ3v) is 10.6. The molecule has 11 nitrogen and oxygen atoms in total. The molecule has 4 aromatic carbocycles. The van der Waals surface area contributed by atoms with Crippen molar-refractivity contribution in [2.75, 3.05) is 28.4 Å².